The highest BCUT2D eigenvalue weighted by atomic mass is 16.3. The Bertz CT molecular complexity index is 2920. The minimum Gasteiger partial charge on any atom is -0.456 e. The van der Waals surface area contributed by atoms with Gasteiger partial charge in [-0.1, -0.05) is 146 Å². The van der Waals surface area contributed by atoms with Gasteiger partial charge in [0.1, 0.15) is 16.7 Å². The summed E-state index contributed by atoms with van der Waals surface area (Å²) >= 11 is 0. The highest BCUT2D eigenvalue weighted by Gasteiger charge is 2.47. The van der Waals surface area contributed by atoms with Crippen molar-refractivity contribution in [3.63, 3.8) is 0 Å². The van der Waals surface area contributed by atoms with Crippen LogP contribution in [-0.2, 0) is 5.41 Å². The van der Waals surface area contributed by atoms with E-state index < -0.39 is 5.41 Å². The minimum absolute atomic E-state index is 0.508. The van der Waals surface area contributed by atoms with Gasteiger partial charge in [0.2, 0.25) is 0 Å². The lowest BCUT2D eigenvalue weighted by molar-refractivity contribution is 0.663. The SMILES string of the molecule is c1ccc(N(c2cccc3c2-c2ccccc2C3(c2ccccc2)c2ccccc2)c2cccc3c2oc2c3ccc3oc4ccccc4c32)cc1. The number of furan rings is 2. The Hall–Kier alpha value is -6.84. The molecule has 3 heteroatoms. The fourth-order valence-electron chi connectivity index (χ4n) is 8.87. The topological polar surface area (TPSA) is 29.5 Å². The van der Waals surface area contributed by atoms with E-state index in [1.807, 2.05) is 12.1 Å². The van der Waals surface area contributed by atoms with E-state index in [1.165, 1.54) is 33.4 Å². The van der Waals surface area contributed by atoms with E-state index in [2.05, 4.69) is 181 Å². The molecule has 8 aromatic carbocycles. The van der Waals surface area contributed by atoms with Crippen LogP contribution < -0.4 is 4.90 Å². The maximum absolute atomic E-state index is 7.05. The monoisotopic (exact) mass is 665 g/mol. The molecule has 0 amide bonds. The molecule has 0 saturated heterocycles. The van der Waals surface area contributed by atoms with Crippen molar-refractivity contribution >= 4 is 60.9 Å². The fourth-order valence-corrected chi connectivity index (χ4v) is 8.87. The summed E-state index contributed by atoms with van der Waals surface area (Å²) < 4.78 is 13.3. The van der Waals surface area contributed by atoms with Gasteiger partial charge >= 0.3 is 0 Å². The highest BCUT2D eigenvalue weighted by molar-refractivity contribution is 6.23. The molecule has 0 N–H and O–H groups in total. The summed E-state index contributed by atoms with van der Waals surface area (Å²) in [5, 5.41) is 4.20. The van der Waals surface area contributed by atoms with E-state index in [9.17, 15) is 0 Å². The molecule has 3 nitrogen and oxygen atoms in total. The zero-order valence-electron chi connectivity index (χ0n) is 28.2. The number of fused-ring (bicyclic) bond motifs is 10. The Kier molecular flexibility index (Phi) is 6.17. The molecule has 11 rings (SSSR count). The third-order valence-electron chi connectivity index (χ3n) is 10.9. The summed E-state index contributed by atoms with van der Waals surface area (Å²) in [6.45, 7) is 0. The highest BCUT2D eigenvalue weighted by Crippen LogP contribution is 2.59. The first-order valence-electron chi connectivity index (χ1n) is 17.8. The molecule has 0 spiro atoms. The van der Waals surface area contributed by atoms with Gasteiger partial charge in [-0.25, -0.2) is 0 Å². The first-order chi connectivity index (χ1) is 25.8. The fraction of sp³-hybridized carbons (Fsp3) is 0.0204. The van der Waals surface area contributed by atoms with Gasteiger partial charge in [0, 0.05) is 27.4 Å². The first kappa shape index (κ1) is 28.9. The van der Waals surface area contributed by atoms with Gasteiger partial charge in [-0.05, 0) is 70.3 Å². The van der Waals surface area contributed by atoms with Gasteiger partial charge in [0.15, 0.2) is 5.58 Å². The van der Waals surface area contributed by atoms with Crippen molar-refractivity contribution in [1.82, 2.24) is 0 Å². The summed E-state index contributed by atoms with van der Waals surface area (Å²) in [4.78, 5) is 2.39. The van der Waals surface area contributed by atoms with Gasteiger partial charge in [-0.3, -0.25) is 0 Å². The van der Waals surface area contributed by atoms with Crippen LogP contribution in [-0.4, -0.2) is 0 Å². The summed E-state index contributed by atoms with van der Waals surface area (Å²) in [5.74, 6) is 0. The molecule has 0 atom stereocenters. The van der Waals surface area contributed by atoms with Crippen molar-refractivity contribution in [2.45, 2.75) is 5.41 Å². The third kappa shape index (κ3) is 3.91. The summed E-state index contributed by atoms with van der Waals surface area (Å²) in [5.41, 5.74) is 13.4. The number of hydrogen-bond acceptors (Lipinski definition) is 3. The van der Waals surface area contributed by atoms with E-state index in [0.717, 1.165) is 60.9 Å². The molecule has 2 heterocycles. The van der Waals surface area contributed by atoms with Crippen molar-refractivity contribution < 1.29 is 8.83 Å². The Balaban J connectivity index is 1.24. The molecule has 0 unspecified atom stereocenters. The predicted octanol–water partition coefficient (Wildman–Crippen LogP) is 13.3. The van der Waals surface area contributed by atoms with E-state index in [0.29, 0.717) is 0 Å². The van der Waals surface area contributed by atoms with Crippen LogP contribution in [0.25, 0.3) is 55.0 Å². The minimum atomic E-state index is -0.508. The van der Waals surface area contributed by atoms with Crippen LogP contribution in [0.1, 0.15) is 22.3 Å². The lowest BCUT2D eigenvalue weighted by Gasteiger charge is -2.34. The second-order valence-corrected chi connectivity index (χ2v) is 13.6. The second kappa shape index (κ2) is 11.1. The van der Waals surface area contributed by atoms with Crippen molar-refractivity contribution in [2.75, 3.05) is 4.90 Å². The lowest BCUT2D eigenvalue weighted by atomic mass is 9.68. The number of rotatable bonds is 5. The van der Waals surface area contributed by atoms with Crippen LogP contribution in [0.2, 0.25) is 0 Å². The molecule has 1 aliphatic carbocycles. The van der Waals surface area contributed by atoms with Gasteiger partial charge in [-0.15, -0.1) is 0 Å². The van der Waals surface area contributed by atoms with Crippen molar-refractivity contribution in [2.24, 2.45) is 0 Å². The van der Waals surface area contributed by atoms with Crippen molar-refractivity contribution in [3.8, 4) is 11.1 Å². The quantitative estimate of drug-likeness (QED) is 0.183. The van der Waals surface area contributed by atoms with Crippen LogP contribution in [0.5, 0.6) is 0 Å². The molecule has 244 valence electrons. The van der Waals surface area contributed by atoms with Gasteiger partial charge in [0.05, 0.1) is 22.2 Å². The number of hydrogen-bond donors (Lipinski definition) is 0. The normalized spacial score (nSPS) is 13.2. The molecule has 0 bridgehead atoms. The van der Waals surface area contributed by atoms with E-state index >= 15 is 0 Å². The standard InChI is InChI=1S/C49H31NO2/c1-4-16-32(17-5-1)49(33-18-6-2-7-19-33)39-25-12-10-22-37(39)45-40(49)26-15-27-41(45)50(34-20-8-3-9-21-34)42-28-14-24-35-36-30-31-44-46(48(36)52-47(35)42)38-23-11-13-29-43(38)51-44/h1-31H. The zero-order chi connectivity index (χ0) is 34.2. The van der Waals surface area contributed by atoms with E-state index in [-0.39, 0.29) is 0 Å². The molecule has 0 aliphatic heterocycles. The van der Waals surface area contributed by atoms with Gasteiger partial charge in [0.25, 0.3) is 0 Å². The van der Waals surface area contributed by atoms with Crippen molar-refractivity contribution in [3.05, 3.63) is 210 Å². The lowest BCUT2D eigenvalue weighted by Crippen LogP contribution is -2.28. The Morgan fingerprint density at radius 3 is 1.77 bits per heavy atom. The van der Waals surface area contributed by atoms with E-state index in [4.69, 9.17) is 8.83 Å². The molecule has 10 aromatic rings. The van der Waals surface area contributed by atoms with Crippen LogP contribution in [0.4, 0.5) is 17.1 Å². The number of para-hydroxylation sites is 3. The Labute approximate surface area is 300 Å². The molecular formula is C49H31NO2. The zero-order valence-corrected chi connectivity index (χ0v) is 28.2. The number of nitrogens with zero attached hydrogens (tertiary/aromatic N) is 1. The molecular weight excluding hydrogens is 635 g/mol. The van der Waals surface area contributed by atoms with Gasteiger partial charge in [-0.2, -0.15) is 0 Å². The maximum Gasteiger partial charge on any atom is 0.159 e. The number of anilines is 3. The average molecular weight is 666 g/mol. The largest absolute Gasteiger partial charge is 0.456 e. The molecule has 0 radical (unpaired) electrons. The van der Waals surface area contributed by atoms with Crippen LogP contribution in [0.3, 0.4) is 0 Å². The molecule has 0 fully saturated rings. The van der Waals surface area contributed by atoms with Crippen molar-refractivity contribution in [1.29, 1.82) is 0 Å². The molecule has 1 aliphatic rings. The molecule has 2 aromatic heterocycles. The smallest absolute Gasteiger partial charge is 0.159 e. The van der Waals surface area contributed by atoms with Gasteiger partial charge < -0.3 is 13.7 Å². The third-order valence-corrected chi connectivity index (χ3v) is 10.9. The van der Waals surface area contributed by atoms with E-state index in [1.54, 1.807) is 0 Å². The Morgan fingerprint density at radius 1 is 0.385 bits per heavy atom. The maximum atomic E-state index is 7.05. The van der Waals surface area contributed by atoms with Crippen LogP contribution >= 0.6 is 0 Å². The molecule has 52 heavy (non-hydrogen) atoms. The average Bonchev–Trinajstić information content (AvgIpc) is 3.88. The van der Waals surface area contributed by atoms with Crippen LogP contribution in [0, 0.1) is 0 Å². The summed E-state index contributed by atoms with van der Waals surface area (Å²) in [7, 11) is 0. The predicted molar refractivity (Wildman–Crippen MR) is 213 cm³/mol. The summed E-state index contributed by atoms with van der Waals surface area (Å²) in [6.07, 6.45) is 0. The second-order valence-electron chi connectivity index (χ2n) is 13.6. The summed E-state index contributed by atoms with van der Waals surface area (Å²) in [6, 6.07) is 67.2. The number of benzene rings is 8. The Morgan fingerprint density at radius 2 is 0.981 bits per heavy atom. The van der Waals surface area contributed by atoms with Crippen LogP contribution in [0.15, 0.2) is 197 Å². The molecule has 0 saturated carbocycles. The first-order valence-corrected chi connectivity index (χ1v) is 17.8.